The number of ether oxygens (including phenoxy) is 2. The van der Waals surface area contributed by atoms with Crippen molar-refractivity contribution in [2.45, 2.75) is 38.9 Å². The zero-order chi connectivity index (χ0) is 18.4. The van der Waals surface area contributed by atoms with E-state index in [2.05, 4.69) is 5.32 Å². The highest BCUT2D eigenvalue weighted by Crippen LogP contribution is 2.29. The molecule has 2 N–H and O–H groups in total. The molecule has 0 atom stereocenters. The molecule has 0 aromatic heterocycles. The number of piperidine rings is 1. The van der Waals surface area contributed by atoms with Crippen LogP contribution in [-0.4, -0.2) is 24.7 Å². The summed E-state index contributed by atoms with van der Waals surface area (Å²) in [7, 11) is 0. The second-order valence-electron chi connectivity index (χ2n) is 7.39. The minimum absolute atomic E-state index is 0.267. The number of benzene rings is 2. The largest absolute Gasteiger partial charge is 0.489 e. The van der Waals surface area contributed by atoms with Crippen LogP contribution in [0.2, 0.25) is 0 Å². The highest BCUT2D eigenvalue weighted by Gasteiger charge is 2.35. The Morgan fingerprint density at radius 2 is 1.69 bits per heavy atom. The standard InChI is InChI=1S/C22H27NO3/c1-22(2,18-12-14-23-15-13-18)26-21(24)20-11-7-6-8-17(20)16-25-19-9-4-3-5-10-19/h3-11,18,23H,12-16H2,1-2H3/p+1. The Hall–Kier alpha value is -2.33. The number of nitrogens with two attached hydrogens (primary N) is 1. The molecule has 1 saturated heterocycles. The van der Waals surface area contributed by atoms with Crippen molar-refractivity contribution in [1.82, 2.24) is 0 Å². The molecule has 26 heavy (non-hydrogen) atoms. The quantitative estimate of drug-likeness (QED) is 0.811. The molecular formula is C22H28NO3+. The molecule has 1 fully saturated rings. The Labute approximate surface area is 155 Å². The zero-order valence-corrected chi connectivity index (χ0v) is 15.6. The maximum atomic E-state index is 12.8. The van der Waals surface area contributed by atoms with Crippen LogP contribution in [0.25, 0.3) is 0 Å². The van der Waals surface area contributed by atoms with Gasteiger partial charge in [0.1, 0.15) is 18.0 Å². The number of esters is 1. The predicted molar refractivity (Wildman–Crippen MR) is 101 cm³/mol. The molecule has 2 aromatic carbocycles. The van der Waals surface area contributed by atoms with Crippen LogP contribution in [0.15, 0.2) is 54.6 Å². The molecule has 0 saturated carbocycles. The van der Waals surface area contributed by atoms with E-state index in [9.17, 15) is 4.79 Å². The Balaban J connectivity index is 1.69. The van der Waals surface area contributed by atoms with E-state index in [-0.39, 0.29) is 5.97 Å². The minimum Gasteiger partial charge on any atom is -0.489 e. The summed E-state index contributed by atoms with van der Waals surface area (Å²) in [5, 5.41) is 2.32. The maximum absolute atomic E-state index is 12.8. The molecule has 2 aromatic rings. The lowest BCUT2D eigenvalue weighted by Crippen LogP contribution is -2.86. The van der Waals surface area contributed by atoms with Crippen molar-refractivity contribution in [2.24, 2.45) is 5.92 Å². The summed E-state index contributed by atoms with van der Waals surface area (Å²) in [6, 6.07) is 17.1. The van der Waals surface area contributed by atoms with Gasteiger partial charge in [-0.3, -0.25) is 0 Å². The first-order valence-electron chi connectivity index (χ1n) is 9.37. The summed E-state index contributed by atoms with van der Waals surface area (Å²) >= 11 is 0. The highest BCUT2D eigenvalue weighted by atomic mass is 16.6. The van der Waals surface area contributed by atoms with Gasteiger partial charge in [-0.1, -0.05) is 36.4 Å². The van der Waals surface area contributed by atoms with Gasteiger partial charge >= 0.3 is 5.97 Å². The van der Waals surface area contributed by atoms with E-state index >= 15 is 0 Å². The van der Waals surface area contributed by atoms with Crippen molar-refractivity contribution in [3.8, 4) is 5.75 Å². The van der Waals surface area contributed by atoms with E-state index in [1.54, 1.807) is 0 Å². The number of para-hydroxylation sites is 1. The molecule has 1 aliphatic rings. The van der Waals surface area contributed by atoms with Crippen molar-refractivity contribution in [3.63, 3.8) is 0 Å². The maximum Gasteiger partial charge on any atom is 0.339 e. The minimum atomic E-state index is -0.460. The lowest BCUT2D eigenvalue weighted by Gasteiger charge is -2.35. The van der Waals surface area contributed by atoms with Gasteiger partial charge in [-0.25, -0.2) is 4.79 Å². The Morgan fingerprint density at radius 1 is 1.04 bits per heavy atom. The van der Waals surface area contributed by atoms with E-state index in [1.165, 1.54) is 0 Å². The van der Waals surface area contributed by atoms with Crippen molar-refractivity contribution >= 4 is 5.97 Å². The number of hydrogen-bond acceptors (Lipinski definition) is 3. The lowest BCUT2D eigenvalue weighted by atomic mass is 9.83. The highest BCUT2D eigenvalue weighted by molar-refractivity contribution is 5.91. The van der Waals surface area contributed by atoms with Gasteiger partial charge in [-0.2, -0.15) is 0 Å². The van der Waals surface area contributed by atoms with Gasteiger partial charge in [0.15, 0.2) is 0 Å². The van der Waals surface area contributed by atoms with Crippen LogP contribution in [0.1, 0.15) is 42.6 Å². The van der Waals surface area contributed by atoms with Crippen molar-refractivity contribution in [2.75, 3.05) is 13.1 Å². The molecule has 138 valence electrons. The third-order valence-electron chi connectivity index (χ3n) is 5.15. The third-order valence-corrected chi connectivity index (χ3v) is 5.15. The fourth-order valence-corrected chi connectivity index (χ4v) is 3.52. The molecule has 0 aliphatic carbocycles. The van der Waals surface area contributed by atoms with E-state index in [4.69, 9.17) is 9.47 Å². The zero-order valence-electron chi connectivity index (χ0n) is 15.6. The lowest BCUT2D eigenvalue weighted by molar-refractivity contribution is -0.665. The van der Waals surface area contributed by atoms with Crippen LogP contribution in [0.5, 0.6) is 5.75 Å². The van der Waals surface area contributed by atoms with Crippen molar-refractivity contribution in [3.05, 3.63) is 65.7 Å². The van der Waals surface area contributed by atoms with Gasteiger partial charge in [0, 0.05) is 24.3 Å². The molecular weight excluding hydrogens is 326 g/mol. The number of hydrogen-bond donors (Lipinski definition) is 1. The third kappa shape index (κ3) is 4.64. The van der Waals surface area contributed by atoms with Gasteiger partial charge in [-0.05, 0) is 32.0 Å². The molecule has 1 aliphatic heterocycles. The van der Waals surface area contributed by atoms with Gasteiger partial charge in [-0.15, -0.1) is 0 Å². The topological polar surface area (TPSA) is 52.1 Å². The molecule has 0 unspecified atom stereocenters. The number of carbonyl (C=O) groups excluding carboxylic acids is 1. The summed E-state index contributed by atoms with van der Waals surface area (Å²) in [6.07, 6.45) is 2.16. The van der Waals surface area contributed by atoms with Crippen LogP contribution in [0.3, 0.4) is 0 Å². The molecule has 0 bridgehead atoms. The van der Waals surface area contributed by atoms with Crippen LogP contribution in [0, 0.1) is 5.92 Å². The SMILES string of the molecule is CC(C)(OC(=O)c1ccccc1COc1ccccc1)C1CC[NH2+]CC1. The van der Waals surface area contributed by atoms with Gasteiger partial charge in [0.05, 0.1) is 18.7 Å². The van der Waals surface area contributed by atoms with E-state index < -0.39 is 5.60 Å². The summed E-state index contributed by atoms with van der Waals surface area (Å²) in [5.41, 5.74) is 0.965. The summed E-state index contributed by atoms with van der Waals surface area (Å²) < 4.78 is 11.8. The Morgan fingerprint density at radius 3 is 2.42 bits per heavy atom. The van der Waals surface area contributed by atoms with Crippen molar-refractivity contribution in [1.29, 1.82) is 0 Å². The average molecular weight is 354 g/mol. The number of rotatable bonds is 6. The fourth-order valence-electron chi connectivity index (χ4n) is 3.52. The average Bonchev–Trinajstić information content (AvgIpc) is 2.68. The Bertz CT molecular complexity index is 721. The summed E-state index contributed by atoms with van der Waals surface area (Å²) in [4.78, 5) is 12.8. The molecule has 4 heteroatoms. The molecule has 0 radical (unpaired) electrons. The summed E-state index contributed by atoms with van der Waals surface area (Å²) in [5.74, 6) is 0.926. The number of carbonyl (C=O) groups is 1. The first kappa shape index (κ1) is 18.5. The van der Waals surface area contributed by atoms with Crippen LogP contribution >= 0.6 is 0 Å². The molecule has 0 amide bonds. The van der Waals surface area contributed by atoms with E-state index in [0.29, 0.717) is 18.1 Å². The van der Waals surface area contributed by atoms with Crippen molar-refractivity contribution < 1.29 is 19.6 Å². The molecule has 3 rings (SSSR count). The molecule has 1 heterocycles. The smallest absolute Gasteiger partial charge is 0.339 e. The van der Waals surface area contributed by atoms with Gasteiger partial charge in [0.2, 0.25) is 0 Å². The van der Waals surface area contributed by atoms with E-state index in [0.717, 1.165) is 37.2 Å². The summed E-state index contributed by atoms with van der Waals surface area (Å²) in [6.45, 7) is 6.61. The second kappa shape index (κ2) is 8.37. The normalized spacial score (nSPS) is 15.5. The van der Waals surface area contributed by atoms with Gasteiger partial charge < -0.3 is 14.8 Å². The van der Waals surface area contributed by atoms with Gasteiger partial charge in [0.25, 0.3) is 0 Å². The predicted octanol–water partition coefficient (Wildman–Crippen LogP) is 3.17. The fraction of sp³-hybridized carbons (Fsp3) is 0.409. The molecule has 0 spiro atoms. The first-order valence-corrected chi connectivity index (χ1v) is 9.37. The molecule has 4 nitrogen and oxygen atoms in total. The van der Waals surface area contributed by atoms with Crippen LogP contribution < -0.4 is 10.1 Å². The second-order valence-corrected chi connectivity index (χ2v) is 7.39. The Kier molecular flexibility index (Phi) is 5.94. The number of quaternary nitrogens is 1. The van der Waals surface area contributed by atoms with Crippen LogP contribution in [0.4, 0.5) is 0 Å². The van der Waals surface area contributed by atoms with E-state index in [1.807, 2.05) is 68.4 Å². The van der Waals surface area contributed by atoms with Crippen LogP contribution in [-0.2, 0) is 11.3 Å². The first-order chi connectivity index (χ1) is 12.6. The monoisotopic (exact) mass is 354 g/mol.